The van der Waals surface area contributed by atoms with Gasteiger partial charge in [0.15, 0.2) is 5.82 Å². The standard InChI is InChI=1S/C19H26N6O2/c1-3-27-18(26)19-7-4-8-20-15(19)6-11-24(13-19)16-12-17(23-14(2)22-16)25-10-5-9-21-25/h5,9-10,12,15,20H,3-4,6-8,11,13H2,1-2H3/t15-,19+/m1/s1. The summed E-state index contributed by atoms with van der Waals surface area (Å²) in [7, 11) is 0. The van der Waals surface area contributed by atoms with Gasteiger partial charge in [-0.3, -0.25) is 4.79 Å². The van der Waals surface area contributed by atoms with Gasteiger partial charge in [-0.1, -0.05) is 0 Å². The summed E-state index contributed by atoms with van der Waals surface area (Å²) in [4.78, 5) is 24.2. The Morgan fingerprint density at radius 3 is 3.04 bits per heavy atom. The number of aromatic nitrogens is 4. The predicted molar refractivity (Wildman–Crippen MR) is 101 cm³/mol. The summed E-state index contributed by atoms with van der Waals surface area (Å²) in [5.74, 6) is 2.16. The zero-order valence-electron chi connectivity index (χ0n) is 15.9. The molecule has 0 amide bonds. The molecule has 2 aromatic rings. The van der Waals surface area contributed by atoms with Crippen molar-refractivity contribution in [1.82, 2.24) is 25.1 Å². The maximum Gasteiger partial charge on any atom is 0.315 e. The van der Waals surface area contributed by atoms with Gasteiger partial charge in [0.25, 0.3) is 0 Å². The van der Waals surface area contributed by atoms with Crippen LogP contribution in [0, 0.1) is 12.3 Å². The smallest absolute Gasteiger partial charge is 0.315 e. The van der Waals surface area contributed by atoms with Crippen LogP contribution in [0.25, 0.3) is 5.82 Å². The minimum absolute atomic E-state index is 0.0926. The van der Waals surface area contributed by atoms with Crippen LogP contribution in [0.4, 0.5) is 5.82 Å². The number of esters is 1. The van der Waals surface area contributed by atoms with Crippen molar-refractivity contribution in [3.05, 3.63) is 30.4 Å². The molecule has 27 heavy (non-hydrogen) atoms. The van der Waals surface area contributed by atoms with Crippen LogP contribution in [0.15, 0.2) is 24.5 Å². The number of nitrogens with zero attached hydrogens (tertiary/aromatic N) is 5. The molecule has 2 fully saturated rings. The molecule has 0 unspecified atom stereocenters. The van der Waals surface area contributed by atoms with Crippen molar-refractivity contribution in [3.63, 3.8) is 0 Å². The van der Waals surface area contributed by atoms with E-state index < -0.39 is 5.41 Å². The van der Waals surface area contributed by atoms with Gasteiger partial charge in [0.2, 0.25) is 0 Å². The number of fused-ring (bicyclic) bond motifs is 1. The van der Waals surface area contributed by atoms with Crippen LogP contribution in [-0.4, -0.2) is 58.0 Å². The first-order valence-corrected chi connectivity index (χ1v) is 9.63. The van der Waals surface area contributed by atoms with Gasteiger partial charge in [-0.2, -0.15) is 5.10 Å². The van der Waals surface area contributed by atoms with E-state index in [1.165, 1.54) is 0 Å². The van der Waals surface area contributed by atoms with Crippen molar-refractivity contribution in [3.8, 4) is 5.82 Å². The fourth-order valence-corrected chi connectivity index (χ4v) is 4.32. The van der Waals surface area contributed by atoms with Gasteiger partial charge < -0.3 is 15.0 Å². The monoisotopic (exact) mass is 370 g/mol. The third-order valence-electron chi connectivity index (χ3n) is 5.57. The molecule has 8 nitrogen and oxygen atoms in total. The number of carbonyl (C=O) groups excluding carboxylic acids is 1. The first-order chi connectivity index (χ1) is 13.1. The Kier molecular flexibility index (Phi) is 4.82. The van der Waals surface area contributed by atoms with Gasteiger partial charge in [0.05, 0.1) is 6.61 Å². The van der Waals surface area contributed by atoms with Gasteiger partial charge in [-0.05, 0) is 45.7 Å². The number of rotatable bonds is 4. The van der Waals surface area contributed by atoms with Crippen molar-refractivity contribution in [2.24, 2.45) is 5.41 Å². The molecular weight excluding hydrogens is 344 g/mol. The second-order valence-electron chi connectivity index (χ2n) is 7.28. The van der Waals surface area contributed by atoms with Gasteiger partial charge in [0.1, 0.15) is 17.1 Å². The second-order valence-corrected chi connectivity index (χ2v) is 7.28. The third kappa shape index (κ3) is 3.29. The first kappa shape index (κ1) is 17.9. The van der Waals surface area contributed by atoms with Crippen molar-refractivity contribution in [2.75, 3.05) is 31.1 Å². The Labute approximate surface area is 158 Å². The molecule has 144 valence electrons. The molecule has 2 saturated heterocycles. The molecule has 0 aromatic carbocycles. The average Bonchev–Trinajstić information content (AvgIpc) is 3.22. The number of nitrogens with one attached hydrogen (secondary N) is 1. The molecule has 2 aliphatic rings. The highest BCUT2D eigenvalue weighted by Crippen LogP contribution is 2.40. The maximum atomic E-state index is 12.9. The molecule has 0 radical (unpaired) electrons. The largest absolute Gasteiger partial charge is 0.465 e. The Balaban J connectivity index is 1.66. The lowest BCUT2D eigenvalue weighted by atomic mass is 9.70. The van der Waals surface area contributed by atoms with E-state index in [1.807, 2.05) is 32.2 Å². The van der Waals surface area contributed by atoms with Crippen molar-refractivity contribution in [1.29, 1.82) is 0 Å². The van der Waals surface area contributed by atoms with Gasteiger partial charge in [-0.15, -0.1) is 0 Å². The molecule has 2 atom stereocenters. The highest BCUT2D eigenvalue weighted by molar-refractivity contribution is 5.79. The van der Waals surface area contributed by atoms with E-state index in [-0.39, 0.29) is 12.0 Å². The van der Waals surface area contributed by atoms with E-state index in [2.05, 4.69) is 25.3 Å². The molecule has 2 aromatic heterocycles. The zero-order valence-corrected chi connectivity index (χ0v) is 15.9. The van der Waals surface area contributed by atoms with Crippen molar-refractivity contribution < 1.29 is 9.53 Å². The minimum atomic E-state index is -0.517. The summed E-state index contributed by atoms with van der Waals surface area (Å²) >= 11 is 0. The van der Waals surface area contributed by atoms with Crippen molar-refractivity contribution >= 4 is 11.8 Å². The maximum absolute atomic E-state index is 12.9. The van der Waals surface area contributed by atoms with Gasteiger partial charge >= 0.3 is 5.97 Å². The lowest BCUT2D eigenvalue weighted by Gasteiger charge is -2.49. The van der Waals surface area contributed by atoms with Crippen LogP contribution in [0.3, 0.4) is 0 Å². The topological polar surface area (TPSA) is 85.2 Å². The van der Waals surface area contributed by atoms with Gasteiger partial charge in [0, 0.05) is 37.6 Å². The Morgan fingerprint density at radius 1 is 1.41 bits per heavy atom. The minimum Gasteiger partial charge on any atom is -0.465 e. The first-order valence-electron chi connectivity index (χ1n) is 9.63. The normalized spacial score (nSPS) is 25.1. The molecule has 0 bridgehead atoms. The molecule has 0 spiro atoms. The van der Waals surface area contributed by atoms with E-state index in [1.54, 1.807) is 10.9 Å². The van der Waals surface area contributed by atoms with Crippen LogP contribution in [0.2, 0.25) is 0 Å². The Bertz CT molecular complexity index is 809. The number of anilines is 1. The highest BCUT2D eigenvalue weighted by Gasteiger charge is 2.51. The molecular formula is C19H26N6O2. The number of aryl methyl sites for hydroxylation is 1. The van der Waals surface area contributed by atoms with Crippen LogP contribution >= 0.6 is 0 Å². The summed E-state index contributed by atoms with van der Waals surface area (Å²) in [6.45, 7) is 6.56. The molecule has 0 saturated carbocycles. The lowest BCUT2D eigenvalue weighted by molar-refractivity contribution is -0.159. The summed E-state index contributed by atoms with van der Waals surface area (Å²) in [6.07, 6.45) is 6.30. The molecule has 1 N–H and O–H groups in total. The number of ether oxygens (including phenoxy) is 1. The fourth-order valence-electron chi connectivity index (χ4n) is 4.32. The molecule has 0 aliphatic carbocycles. The number of hydrogen-bond donors (Lipinski definition) is 1. The Morgan fingerprint density at radius 2 is 2.26 bits per heavy atom. The third-order valence-corrected chi connectivity index (χ3v) is 5.57. The van der Waals surface area contributed by atoms with Crippen LogP contribution in [0.5, 0.6) is 0 Å². The summed E-state index contributed by atoms with van der Waals surface area (Å²) < 4.78 is 7.21. The van der Waals surface area contributed by atoms with Crippen LogP contribution < -0.4 is 10.2 Å². The van der Waals surface area contributed by atoms with E-state index in [4.69, 9.17) is 4.74 Å². The number of hydrogen-bond acceptors (Lipinski definition) is 7. The number of carbonyl (C=O) groups is 1. The van der Waals surface area contributed by atoms with Crippen molar-refractivity contribution in [2.45, 2.75) is 39.2 Å². The lowest BCUT2D eigenvalue weighted by Crippen LogP contribution is -2.63. The van der Waals surface area contributed by atoms with Gasteiger partial charge in [-0.25, -0.2) is 14.6 Å². The fraction of sp³-hybridized carbons (Fsp3) is 0.579. The summed E-state index contributed by atoms with van der Waals surface area (Å²) in [5.41, 5.74) is -0.517. The highest BCUT2D eigenvalue weighted by atomic mass is 16.5. The van der Waals surface area contributed by atoms with E-state index in [9.17, 15) is 4.79 Å². The molecule has 4 heterocycles. The zero-order chi connectivity index (χ0) is 18.9. The Hall–Kier alpha value is -2.48. The van der Waals surface area contributed by atoms with Crippen LogP contribution in [-0.2, 0) is 9.53 Å². The molecule has 8 heteroatoms. The predicted octanol–water partition coefficient (Wildman–Crippen LogP) is 1.48. The second kappa shape index (κ2) is 7.26. The van der Waals surface area contributed by atoms with E-state index in [0.29, 0.717) is 19.0 Å². The van der Waals surface area contributed by atoms with E-state index >= 15 is 0 Å². The van der Waals surface area contributed by atoms with E-state index in [0.717, 1.165) is 44.0 Å². The SMILES string of the molecule is CCOC(=O)[C@]12CCCN[C@@H]1CCN(c1cc(-n3cccn3)nc(C)n1)C2. The summed E-state index contributed by atoms with van der Waals surface area (Å²) in [6, 6.07) is 3.97. The average molecular weight is 370 g/mol. The molecule has 4 rings (SSSR count). The summed E-state index contributed by atoms with van der Waals surface area (Å²) in [5, 5.41) is 7.81. The molecule has 2 aliphatic heterocycles. The number of piperidine rings is 2. The van der Waals surface area contributed by atoms with Crippen LogP contribution in [0.1, 0.15) is 32.0 Å². The quantitative estimate of drug-likeness (QED) is 0.816.